The summed E-state index contributed by atoms with van der Waals surface area (Å²) < 4.78 is 5.09. The number of aromatic nitrogens is 1. The van der Waals surface area contributed by atoms with Crippen molar-refractivity contribution in [2.24, 2.45) is 0 Å². The molecule has 0 aliphatic heterocycles. The number of carboxylic acid groups (broad SMARTS) is 1. The summed E-state index contributed by atoms with van der Waals surface area (Å²) >= 11 is 0. The lowest BCUT2D eigenvalue weighted by atomic mass is 10.1. The summed E-state index contributed by atoms with van der Waals surface area (Å²) in [6, 6.07) is 4.69. The lowest BCUT2D eigenvalue weighted by Gasteiger charge is -2.01. The van der Waals surface area contributed by atoms with Crippen molar-refractivity contribution in [2.75, 3.05) is 0 Å². The maximum absolute atomic E-state index is 11.1. The van der Waals surface area contributed by atoms with Crippen molar-refractivity contribution in [1.29, 1.82) is 0 Å². The molecule has 0 unspecified atom stereocenters. The lowest BCUT2D eigenvalue weighted by Crippen LogP contribution is -1.95. The summed E-state index contributed by atoms with van der Waals surface area (Å²) in [5.74, 6) is -1.64. The van der Waals surface area contributed by atoms with Gasteiger partial charge in [-0.05, 0) is 19.9 Å². The molecule has 0 aliphatic carbocycles. The molecule has 0 saturated heterocycles. The molecule has 0 spiro atoms. The Morgan fingerprint density at radius 3 is 2.63 bits per heavy atom. The van der Waals surface area contributed by atoms with Gasteiger partial charge in [-0.25, -0.2) is 9.78 Å². The van der Waals surface area contributed by atoms with E-state index in [2.05, 4.69) is 4.98 Å². The van der Waals surface area contributed by atoms with Crippen LogP contribution in [0.3, 0.4) is 0 Å². The van der Waals surface area contributed by atoms with Gasteiger partial charge in [-0.2, -0.15) is 0 Å². The van der Waals surface area contributed by atoms with Gasteiger partial charge in [-0.15, -0.1) is 0 Å². The minimum absolute atomic E-state index is 0.0645. The molecule has 0 aliphatic rings. The molecule has 0 amide bonds. The molecular weight excluding hydrogens is 252 g/mol. The van der Waals surface area contributed by atoms with Gasteiger partial charge in [0, 0.05) is 5.56 Å². The van der Waals surface area contributed by atoms with Crippen molar-refractivity contribution in [3.63, 3.8) is 0 Å². The quantitative estimate of drug-likeness (QED) is 0.672. The van der Waals surface area contributed by atoms with Crippen LogP contribution in [0, 0.1) is 24.0 Å². The Bertz CT molecular complexity index is 675. The third-order valence-corrected chi connectivity index (χ3v) is 2.64. The third-order valence-electron chi connectivity index (χ3n) is 2.64. The van der Waals surface area contributed by atoms with E-state index < -0.39 is 10.9 Å². The van der Waals surface area contributed by atoms with Gasteiger partial charge in [0.05, 0.1) is 10.6 Å². The zero-order valence-corrected chi connectivity index (χ0v) is 10.2. The van der Waals surface area contributed by atoms with E-state index in [1.807, 2.05) is 0 Å². The van der Waals surface area contributed by atoms with Crippen molar-refractivity contribution in [1.82, 2.24) is 4.98 Å². The molecule has 2 rings (SSSR count). The fraction of sp³-hybridized carbons (Fsp3) is 0.167. The number of hydrogen-bond donors (Lipinski definition) is 1. The van der Waals surface area contributed by atoms with Gasteiger partial charge in [0.1, 0.15) is 5.56 Å². The average molecular weight is 262 g/mol. The Labute approximate surface area is 107 Å². The van der Waals surface area contributed by atoms with Gasteiger partial charge in [0.25, 0.3) is 5.69 Å². The van der Waals surface area contributed by atoms with E-state index in [4.69, 9.17) is 9.52 Å². The van der Waals surface area contributed by atoms with Crippen LogP contribution in [0.2, 0.25) is 0 Å². The Hall–Kier alpha value is -2.70. The number of hydrogen-bond acceptors (Lipinski definition) is 5. The molecule has 7 heteroatoms. The van der Waals surface area contributed by atoms with E-state index in [-0.39, 0.29) is 28.6 Å². The normalized spacial score (nSPS) is 10.4. The number of nitrogens with zero attached hydrogens (tertiary/aromatic N) is 2. The van der Waals surface area contributed by atoms with Crippen LogP contribution in [-0.2, 0) is 0 Å². The van der Waals surface area contributed by atoms with Gasteiger partial charge in [-0.1, -0.05) is 12.1 Å². The first-order chi connectivity index (χ1) is 8.91. The molecule has 0 atom stereocenters. The molecule has 98 valence electrons. The molecule has 19 heavy (non-hydrogen) atoms. The van der Waals surface area contributed by atoms with Crippen molar-refractivity contribution < 1.29 is 19.2 Å². The molecule has 1 heterocycles. The SMILES string of the molecule is Cc1cccc(-c2nc(C)c(C(=O)O)o2)c1[N+](=O)[O-]. The molecule has 0 fully saturated rings. The molecule has 2 aromatic rings. The first-order valence-electron chi connectivity index (χ1n) is 5.37. The molecule has 0 radical (unpaired) electrons. The number of aryl methyl sites for hydroxylation is 2. The Morgan fingerprint density at radius 2 is 2.11 bits per heavy atom. The lowest BCUT2D eigenvalue weighted by molar-refractivity contribution is -0.384. The van der Waals surface area contributed by atoms with Gasteiger partial charge < -0.3 is 9.52 Å². The molecule has 1 aromatic heterocycles. The van der Waals surface area contributed by atoms with E-state index in [1.54, 1.807) is 19.1 Å². The summed E-state index contributed by atoms with van der Waals surface area (Å²) in [7, 11) is 0. The zero-order valence-electron chi connectivity index (χ0n) is 10.2. The van der Waals surface area contributed by atoms with Crippen LogP contribution in [0.15, 0.2) is 22.6 Å². The van der Waals surface area contributed by atoms with Crippen LogP contribution in [0.5, 0.6) is 0 Å². The van der Waals surface area contributed by atoms with E-state index >= 15 is 0 Å². The van der Waals surface area contributed by atoms with Crippen molar-refractivity contribution in [3.8, 4) is 11.5 Å². The van der Waals surface area contributed by atoms with Gasteiger partial charge >= 0.3 is 5.97 Å². The second-order valence-corrected chi connectivity index (χ2v) is 3.97. The monoisotopic (exact) mass is 262 g/mol. The first-order valence-corrected chi connectivity index (χ1v) is 5.37. The number of benzene rings is 1. The van der Waals surface area contributed by atoms with Crippen LogP contribution in [0.1, 0.15) is 21.8 Å². The number of para-hydroxylation sites is 1. The van der Waals surface area contributed by atoms with Crippen LogP contribution < -0.4 is 0 Å². The summed E-state index contributed by atoms with van der Waals surface area (Å²) in [6.07, 6.45) is 0. The predicted octanol–water partition coefficient (Wildman–Crippen LogP) is 2.56. The third kappa shape index (κ3) is 2.17. The van der Waals surface area contributed by atoms with Crippen LogP contribution in [0.25, 0.3) is 11.5 Å². The largest absolute Gasteiger partial charge is 0.475 e. The first kappa shape index (κ1) is 12.7. The van der Waals surface area contributed by atoms with Crippen LogP contribution in [0.4, 0.5) is 5.69 Å². The maximum Gasteiger partial charge on any atom is 0.373 e. The second kappa shape index (κ2) is 4.52. The van der Waals surface area contributed by atoms with E-state index in [1.165, 1.54) is 13.0 Å². The molecule has 0 bridgehead atoms. The highest BCUT2D eigenvalue weighted by Gasteiger charge is 2.24. The Balaban J connectivity index is 2.66. The minimum atomic E-state index is -1.26. The number of oxazole rings is 1. The fourth-order valence-electron chi connectivity index (χ4n) is 1.78. The van der Waals surface area contributed by atoms with Crippen molar-refractivity contribution >= 4 is 11.7 Å². The number of aromatic carboxylic acids is 1. The standard InChI is InChI=1S/C12H10N2O5/c1-6-4-3-5-8(9(6)14(17)18)11-13-7(2)10(19-11)12(15)16/h3-5H,1-2H3,(H,15,16). The molecule has 7 nitrogen and oxygen atoms in total. The summed E-state index contributed by atoms with van der Waals surface area (Å²) in [5.41, 5.74) is 0.662. The Kier molecular flexibility index (Phi) is 3.04. The summed E-state index contributed by atoms with van der Waals surface area (Å²) in [6.45, 7) is 3.06. The zero-order chi connectivity index (χ0) is 14.2. The predicted molar refractivity (Wildman–Crippen MR) is 65.0 cm³/mol. The highest BCUT2D eigenvalue weighted by atomic mass is 16.6. The maximum atomic E-state index is 11.1. The highest BCUT2D eigenvalue weighted by Crippen LogP contribution is 2.32. The minimum Gasteiger partial charge on any atom is -0.475 e. The van der Waals surface area contributed by atoms with E-state index in [0.717, 1.165) is 0 Å². The van der Waals surface area contributed by atoms with Crippen LogP contribution in [-0.4, -0.2) is 21.0 Å². The van der Waals surface area contributed by atoms with Gasteiger partial charge in [-0.3, -0.25) is 10.1 Å². The highest BCUT2D eigenvalue weighted by molar-refractivity contribution is 5.86. The van der Waals surface area contributed by atoms with Gasteiger partial charge in [0.2, 0.25) is 11.7 Å². The number of nitro benzene ring substituents is 1. The summed E-state index contributed by atoms with van der Waals surface area (Å²) in [4.78, 5) is 25.3. The second-order valence-electron chi connectivity index (χ2n) is 3.97. The fourth-order valence-corrected chi connectivity index (χ4v) is 1.78. The molecule has 1 aromatic carbocycles. The van der Waals surface area contributed by atoms with E-state index in [0.29, 0.717) is 5.56 Å². The molecule has 0 saturated carbocycles. The topological polar surface area (TPSA) is 106 Å². The van der Waals surface area contributed by atoms with Crippen LogP contribution >= 0.6 is 0 Å². The van der Waals surface area contributed by atoms with Crippen molar-refractivity contribution in [2.45, 2.75) is 13.8 Å². The number of carboxylic acids is 1. The average Bonchev–Trinajstić information content (AvgIpc) is 2.70. The number of carbonyl (C=O) groups is 1. The van der Waals surface area contributed by atoms with E-state index in [9.17, 15) is 14.9 Å². The molecular formula is C12H10N2O5. The van der Waals surface area contributed by atoms with Crippen molar-refractivity contribution in [3.05, 3.63) is 45.3 Å². The number of nitro groups is 1. The van der Waals surface area contributed by atoms with Gasteiger partial charge in [0.15, 0.2) is 0 Å². The summed E-state index contributed by atoms with van der Waals surface area (Å²) in [5, 5.41) is 20.0. The number of rotatable bonds is 3. The smallest absolute Gasteiger partial charge is 0.373 e. The molecule has 1 N–H and O–H groups in total. The Morgan fingerprint density at radius 1 is 1.42 bits per heavy atom.